The van der Waals surface area contributed by atoms with Crippen LogP contribution in [-0.4, -0.2) is 49.3 Å². The molecule has 2 rings (SSSR count). The van der Waals surface area contributed by atoms with Crippen LogP contribution in [0.2, 0.25) is 5.02 Å². The van der Waals surface area contributed by atoms with Gasteiger partial charge in [0.1, 0.15) is 18.8 Å². The zero-order valence-corrected chi connectivity index (χ0v) is 15.8. The summed E-state index contributed by atoms with van der Waals surface area (Å²) in [5.74, 6) is -0.227. The van der Waals surface area contributed by atoms with Crippen LogP contribution in [0.3, 0.4) is 0 Å². The van der Waals surface area contributed by atoms with Gasteiger partial charge in [-0.25, -0.2) is 0 Å². The lowest BCUT2D eigenvalue weighted by Crippen LogP contribution is -2.35. The van der Waals surface area contributed by atoms with Gasteiger partial charge in [0.05, 0.1) is 19.2 Å². The van der Waals surface area contributed by atoms with Gasteiger partial charge >= 0.3 is 5.97 Å². The molecule has 138 valence electrons. The van der Waals surface area contributed by atoms with Gasteiger partial charge in [0, 0.05) is 0 Å². The summed E-state index contributed by atoms with van der Waals surface area (Å²) in [6.07, 6.45) is 3.14. The second-order valence-electron chi connectivity index (χ2n) is 5.09. The summed E-state index contributed by atoms with van der Waals surface area (Å²) in [5, 5.41) is 3.21. The molecule has 9 heteroatoms. The number of thiocarbonyl (C=S) groups is 1. The van der Waals surface area contributed by atoms with Gasteiger partial charge < -0.3 is 19.5 Å². The second-order valence-corrected chi connectivity index (χ2v) is 5.88. The molecule has 0 spiro atoms. The molecule has 0 aliphatic carbocycles. The van der Waals surface area contributed by atoms with E-state index in [1.807, 2.05) is 0 Å². The monoisotopic (exact) mass is 396 g/mol. The highest BCUT2D eigenvalue weighted by Crippen LogP contribution is 2.37. The number of ether oxygens (including phenoxy) is 3. The Morgan fingerprint density at radius 3 is 2.77 bits per heavy atom. The zero-order chi connectivity index (χ0) is 19.3. The summed E-state index contributed by atoms with van der Waals surface area (Å²) in [6.45, 7) is 3.59. The molecule has 0 saturated carbocycles. The largest absolute Gasteiger partial charge is 0.493 e. The third-order valence-electron chi connectivity index (χ3n) is 3.39. The summed E-state index contributed by atoms with van der Waals surface area (Å²) in [6, 6.07) is 3.29. The van der Waals surface area contributed by atoms with Crippen molar-refractivity contribution in [2.75, 3.05) is 27.4 Å². The Morgan fingerprint density at radius 1 is 1.42 bits per heavy atom. The zero-order valence-electron chi connectivity index (χ0n) is 14.2. The van der Waals surface area contributed by atoms with E-state index in [0.717, 1.165) is 4.90 Å². The summed E-state index contributed by atoms with van der Waals surface area (Å²) >= 11 is 11.3. The van der Waals surface area contributed by atoms with Crippen LogP contribution in [0.25, 0.3) is 6.08 Å². The van der Waals surface area contributed by atoms with Crippen molar-refractivity contribution in [1.29, 1.82) is 0 Å². The van der Waals surface area contributed by atoms with Gasteiger partial charge in [-0.2, -0.15) is 0 Å². The van der Waals surface area contributed by atoms with E-state index in [9.17, 15) is 9.59 Å². The molecule has 1 N–H and O–H groups in total. The number of nitrogens with one attached hydrogen (secondary N) is 1. The van der Waals surface area contributed by atoms with E-state index in [1.165, 1.54) is 14.2 Å². The minimum absolute atomic E-state index is 0.121. The Bertz CT molecular complexity index is 794. The van der Waals surface area contributed by atoms with Gasteiger partial charge in [0.25, 0.3) is 5.91 Å². The van der Waals surface area contributed by atoms with Crippen molar-refractivity contribution in [3.63, 3.8) is 0 Å². The number of methoxy groups -OCH3 is 2. The number of carbonyl (C=O) groups excluding carboxylic acids is 2. The summed E-state index contributed by atoms with van der Waals surface area (Å²) in [5.41, 5.74) is 0.799. The molecular weight excluding hydrogens is 380 g/mol. The van der Waals surface area contributed by atoms with E-state index in [-0.39, 0.29) is 24.0 Å². The molecule has 0 atom stereocenters. The molecule has 7 nitrogen and oxygen atoms in total. The van der Waals surface area contributed by atoms with E-state index >= 15 is 0 Å². The normalized spacial score (nSPS) is 15.0. The maximum atomic E-state index is 12.4. The summed E-state index contributed by atoms with van der Waals surface area (Å²) in [7, 11) is 2.72. The van der Waals surface area contributed by atoms with Crippen molar-refractivity contribution in [1.82, 2.24) is 10.2 Å². The standard InChI is InChI=1S/C17H17ClN2O5S/c1-4-5-25-15-11(18)6-10(8-13(15)23-2)7-12-16(22)20(17(26)19-12)9-14(21)24-3/h4,6-8H,1,5,9H2,2-3H3,(H,19,26)/b12-7-. The van der Waals surface area contributed by atoms with Crippen molar-refractivity contribution >= 4 is 46.9 Å². The fourth-order valence-electron chi connectivity index (χ4n) is 2.18. The van der Waals surface area contributed by atoms with Crippen LogP contribution in [0.4, 0.5) is 0 Å². The topological polar surface area (TPSA) is 77.1 Å². The number of halogens is 1. The first-order valence-corrected chi connectivity index (χ1v) is 8.22. The van der Waals surface area contributed by atoms with E-state index < -0.39 is 11.9 Å². The lowest BCUT2D eigenvalue weighted by Gasteiger charge is -2.12. The van der Waals surface area contributed by atoms with Gasteiger partial charge in [-0.1, -0.05) is 24.3 Å². The third kappa shape index (κ3) is 4.33. The fourth-order valence-corrected chi connectivity index (χ4v) is 2.71. The molecule has 1 fully saturated rings. The van der Waals surface area contributed by atoms with Crippen LogP contribution >= 0.6 is 23.8 Å². The minimum atomic E-state index is -0.572. The van der Waals surface area contributed by atoms with Crippen LogP contribution in [0.15, 0.2) is 30.5 Å². The first-order valence-electron chi connectivity index (χ1n) is 7.43. The number of nitrogens with zero attached hydrogens (tertiary/aromatic N) is 1. The Balaban J connectivity index is 2.30. The molecule has 0 aromatic heterocycles. The number of carbonyl (C=O) groups is 2. The highest BCUT2D eigenvalue weighted by atomic mass is 35.5. The molecular formula is C17H17ClN2O5S. The summed E-state index contributed by atoms with van der Waals surface area (Å²) in [4.78, 5) is 24.9. The van der Waals surface area contributed by atoms with Crippen LogP contribution in [0, 0.1) is 0 Å². The van der Waals surface area contributed by atoms with Crippen LogP contribution in [0.5, 0.6) is 11.5 Å². The lowest BCUT2D eigenvalue weighted by molar-refractivity contribution is -0.143. The van der Waals surface area contributed by atoms with Gasteiger partial charge in [-0.05, 0) is 36.0 Å². The maximum absolute atomic E-state index is 12.4. The predicted molar refractivity (Wildman–Crippen MR) is 101 cm³/mol. The molecule has 1 saturated heterocycles. The van der Waals surface area contributed by atoms with Gasteiger partial charge in [-0.3, -0.25) is 14.5 Å². The number of rotatable bonds is 7. The van der Waals surface area contributed by atoms with Crippen LogP contribution in [-0.2, 0) is 14.3 Å². The lowest BCUT2D eigenvalue weighted by atomic mass is 10.1. The summed E-state index contributed by atoms with van der Waals surface area (Å²) < 4.78 is 15.3. The molecule has 26 heavy (non-hydrogen) atoms. The molecule has 1 heterocycles. The third-order valence-corrected chi connectivity index (χ3v) is 3.99. The molecule has 1 aliphatic heterocycles. The Kier molecular flexibility index (Phi) is 6.59. The number of hydrogen-bond donors (Lipinski definition) is 1. The predicted octanol–water partition coefficient (Wildman–Crippen LogP) is 2.14. The average Bonchev–Trinajstić information content (AvgIpc) is 2.87. The van der Waals surface area contributed by atoms with Crippen molar-refractivity contribution in [2.45, 2.75) is 0 Å². The first-order chi connectivity index (χ1) is 12.4. The Labute approximate surface area is 161 Å². The van der Waals surface area contributed by atoms with Crippen molar-refractivity contribution < 1.29 is 23.8 Å². The smallest absolute Gasteiger partial charge is 0.325 e. The quantitative estimate of drug-likeness (QED) is 0.327. The van der Waals surface area contributed by atoms with E-state index in [1.54, 1.807) is 24.3 Å². The van der Waals surface area contributed by atoms with E-state index in [4.69, 9.17) is 33.3 Å². The molecule has 0 unspecified atom stereocenters. The Morgan fingerprint density at radius 2 is 2.15 bits per heavy atom. The number of benzene rings is 1. The van der Waals surface area contributed by atoms with E-state index in [0.29, 0.717) is 22.1 Å². The second kappa shape index (κ2) is 8.68. The molecule has 1 aromatic carbocycles. The molecule has 0 radical (unpaired) electrons. The first kappa shape index (κ1) is 19.7. The highest BCUT2D eigenvalue weighted by Gasteiger charge is 2.32. The molecule has 1 aromatic rings. The number of esters is 1. The van der Waals surface area contributed by atoms with Crippen LogP contribution in [0.1, 0.15) is 5.56 Å². The van der Waals surface area contributed by atoms with Crippen molar-refractivity contribution in [2.24, 2.45) is 0 Å². The SMILES string of the molecule is C=CCOc1c(Cl)cc(/C=C2\NC(=S)N(CC(=O)OC)C2=O)cc1OC. The van der Waals surface area contributed by atoms with Gasteiger partial charge in [-0.15, -0.1) is 0 Å². The van der Waals surface area contributed by atoms with Crippen molar-refractivity contribution in [3.05, 3.63) is 41.1 Å². The molecule has 0 bridgehead atoms. The average molecular weight is 397 g/mol. The molecule has 1 aliphatic rings. The van der Waals surface area contributed by atoms with Gasteiger partial charge in [0.15, 0.2) is 16.6 Å². The van der Waals surface area contributed by atoms with Gasteiger partial charge in [0.2, 0.25) is 0 Å². The van der Waals surface area contributed by atoms with Crippen LogP contribution < -0.4 is 14.8 Å². The van der Waals surface area contributed by atoms with E-state index in [2.05, 4.69) is 16.6 Å². The number of hydrogen-bond acceptors (Lipinski definition) is 6. The minimum Gasteiger partial charge on any atom is -0.493 e. The van der Waals surface area contributed by atoms with Crippen molar-refractivity contribution in [3.8, 4) is 11.5 Å². The maximum Gasteiger partial charge on any atom is 0.325 e. The Hall–Kier alpha value is -2.58. The highest BCUT2D eigenvalue weighted by molar-refractivity contribution is 7.80. The number of amides is 1. The fraction of sp³-hybridized carbons (Fsp3) is 0.235. The molecule has 1 amide bonds.